The molecule has 166 valence electrons. The second kappa shape index (κ2) is 8.81. The van der Waals surface area contributed by atoms with Gasteiger partial charge in [-0.25, -0.2) is 0 Å². The molecule has 1 aromatic carbocycles. The van der Waals surface area contributed by atoms with Crippen molar-refractivity contribution in [2.45, 2.75) is 58.2 Å². The number of rotatable bonds is 7. The van der Waals surface area contributed by atoms with Crippen LogP contribution in [0.15, 0.2) is 18.2 Å². The Balaban J connectivity index is 1.67. The lowest BCUT2D eigenvalue weighted by molar-refractivity contribution is -0.384. The highest BCUT2D eigenvalue weighted by Crippen LogP contribution is 2.38. The predicted molar refractivity (Wildman–Crippen MR) is 107 cm³/mol. The topological polar surface area (TPSA) is 66.7 Å². The van der Waals surface area contributed by atoms with E-state index in [-0.39, 0.29) is 17.5 Å². The summed E-state index contributed by atoms with van der Waals surface area (Å²) >= 11 is 0. The predicted octanol–water partition coefficient (Wildman–Crippen LogP) is 4.87. The first-order valence-corrected chi connectivity index (χ1v) is 10.5. The van der Waals surface area contributed by atoms with E-state index in [0.29, 0.717) is 44.0 Å². The summed E-state index contributed by atoms with van der Waals surface area (Å²) in [4.78, 5) is 27.4. The molecule has 6 nitrogen and oxygen atoms in total. The molecule has 0 bridgehead atoms. The standard InChI is InChI=1S/C21H28F3N3O3/c1-14(2)7-12-26(17-4-5-17)20(28)15-8-10-25(11-9-15)18-6-3-16(21(22,23)24)13-19(18)27(29)30/h3,6,13-15,17H,4-5,7-12H2,1-2H3. The highest BCUT2D eigenvalue weighted by Gasteiger charge is 2.38. The molecule has 1 amide bonds. The first-order chi connectivity index (χ1) is 14.1. The molecular formula is C21H28F3N3O3. The van der Waals surface area contributed by atoms with Crippen LogP contribution < -0.4 is 4.90 Å². The molecule has 0 unspecified atom stereocenters. The van der Waals surface area contributed by atoms with Gasteiger partial charge in [-0.05, 0) is 50.2 Å². The van der Waals surface area contributed by atoms with Crippen molar-refractivity contribution in [2.24, 2.45) is 11.8 Å². The van der Waals surface area contributed by atoms with Gasteiger partial charge in [0, 0.05) is 37.7 Å². The van der Waals surface area contributed by atoms with E-state index < -0.39 is 22.4 Å². The van der Waals surface area contributed by atoms with Crippen molar-refractivity contribution < 1.29 is 22.9 Å². The summed E-state index contributed by atoms with van der Waals surface area (Å²) in [5.74, 6) is 0.531. The van der Waals surface area contributed by atoms with E-state index in [9.17, 15) is 28.1 Å². The van der Waals surface area contributed by atoms with Crippen LogP contribution in [0.1, 0.15) is 51.5 Å². The molecule has 1 saturated carbocycles. The summed E-state index contributed by atoms with van der Waals surface area (Å²) in [5, 5.41) is 11.4. The number of carbonyl (C=O) groups excluding carboxylic acids is 1. The van der Waals surface area contributed by atoms with Gasteiger partial charge in [0.25, 0.3) is 5.69 Å². The number of alkyl halides is 3. The van der Waals surface area contributed by atoms with Gasteiger partial charge in [-0.2, -0.15) is 13.2 Å². The minimum absolute atomic E-state index is 0.137. The number of benzene rings is 1. The lowest BCUT2D eigenvalue weighted by atomic mass is 9.94. The second-order valence-corrected chi connectivity index (χ2v) is 8.67. The van der Waals surface area contributed by atoms with Gasteiger partial charge in [0.05, 0.1) is 10.5 Å². The van der Waals surface area contributed by atoms with Crippen LogP contribution in [0.25, 0.3) is 0 Å². The number of hydrogen-bond acceptors (Lipinski definition) is 4. The van der Waals surface area contributed by atoms with Gasteiger partial charge in [0.1, 0.15) is 5.69 Å². The molecule has 2 aliphatic rings. The van der Waals surface area contributed by atoms with E-state index in [4.69, 9.17) is 0 Å². The quantitative estimate of drug-likeness (QED) is 0.460. The monoisotopic (exact) mass is 427 g/mol. The molecule has 9 heteroatoms. The lowest BCUT2D eigenvalue weighted by Gasteiger charge is -2.35. The van der Waals surface area contributed by atoms with Crippen LogP contribution in [0.2, 0.25) is 0 Å². The number of anilines is 1. The van der Waals surface area contributed by atoms with Crippen LogP contribution in [-0.2, 0) is 11.0 Å². The summed E-state index contributed by atoms with van der Waals surface area (Å²) < 4.78 is 38.8. The molecular weight excluding hydrogens is 399 g/mol. The molecule has 1 aliphatic carbocycles. The van der Waals surface area contributed by atoms with Crippen LogP contribution in [0.4, 0.5) is 24.5 Å². The van der Waals surface area contributed by atoms with E-state index in [1.54, 1.807) is 4.90 Å². The fraction of sp³-hybridized carbons (Fsp3) is 0.667. The SMILES string of the molecule is CC(C)CCN(C(=O)C1CCN(c2ccc(C(F)(F)F)cc2[N+](=O)[O-])CC1)C1CC1. The van der Waals surface area contributed by atoms with Crippen molar-refractivity contribution in [1.82, 2.24) is 4.90 Å². The van der Waals surface area contributed by atoms with Crippen molar-refractivity contribution in [3.63, 3.8) is 0 Å². The number of piperidine rings is 1. The van der Waals surface area contributed by atoms with Crippen molar-refractivity contribution in [3.05, 3.63) is 33.9 Å². The lowest BCUT2D eigenvalue weighted by Crippen LogP contribution is -2.44. The van der Waals surface area contributed by atoms with Gasteiger partial charge in [0.15, 0.2) is 0 Å². The number of nitrogens with zero attached hydrogens (tertiary/aromatic N) is 3. The first kappa shape index (κ1) is 22.4. The molecule has 1 heterocycles. The van der Waals surface area contributed by atoms with Crippen LogP contribution in [0, 0.1) is 22.0 Å². The molecule has 1 aliphatic heterocycles. The normalized spacial score (nSPS) is 18.0. The van der Waals surface area contributed by atoms with Gasteiger partial charge in [-0.3, -0.25) is 14.9 Å². The zero-order valence-electron chi connectivity index (χ0n) is 17.3. The Bertz CT molecular complexity index is 785. The number of nitro groups is 1. The number of nitro benzene ring substituents is 1. The van der Waals surface area contributed by atoms with E-state index in [2.05, 4.69) is 13.8 Å². The molecule has 1 aromatic rings. The molecule has 0 N–H and O–H groups in total. The Labute approximate surface area is 174 Å². The third-order valence-corrected chi connectivity index (χ3v) is 5.90. The van der Waals surface area contributed by atoms with Crippen LogP contribution >= 0.6 is 0 Å². The smallest absolute Gasteiger partial charge is 0.366 e. The Kier molecular flexibility index (Phi) is 6.57. The van der Waals surface area contributed by atoms with Gasteiger partial charge in [-0.1, -0.05) is 13.8 Å². The summed E-state index contributed by atoms with van der Waals surface area (Å²) in [6, 6.07) is 2.97. The number of hydrogen-bond donors (Lipinski definition) is 0. The molecule has 2 fully saturated rings. The summed E-state index contributed by atoms with van der Waals surface area (Å²) in [6.45, 7) is 5.83. The highest BCUT2D eigenvalue weighted by atomic mass is 19.4. The minimum atomic E-state index is -4.63. The van der Waals surface area contributed by atoms with Crippen LogP contribution in [0.5, 0.6) is 0 Å². The molecule has 30 heavy (non-hydrogen) atoms. The minimum Gasteiger partial charge on any atom is -0.366 e. The maximum atomic E-state index is 13.0. The van der Waals surface area contributed by atoms with E-state index in [1.807, 2.05) is 4.90 Å². The fourth-order valence-electron chi connectivity index (χ4n) is 3.97. The van der Waals surface area contributed by atoms with Gasteiger partial charge >= 0.3 is 6.18 Å². The average Bonchev–Trinajstić information content (AvgIpc) is 3.52. The molecule has 1 saturated heterocycles. The molecule has 0 spiro atoms. The van der Waals surface area contributed by atoms with Crippen LogP contribution in [-0.4, -0.2) is 41.4 Å². The number of amides is 1. The third-order valence-electron chi connectivity index (χ3n) is 5.90. The van der Waals surface area contributed by atoms with Crippen molar-refractivity contribution >= 4 is 17.3 Å². The molecule has 0 radical (unpaired) electrons. The van der Waals surface area contributed by atoms with Gasteiger partial charge < -0.3 is 9.80 Å². The Morgan fingerprint density at radius 3 is 2.37 bits per heavy atom. The van der Waals surface area contributed by atoms with Gasteiger partial charge in [-0.15, -0.1) is 0 Å². The van der Waals surface area contributed by atoms with E-state index >= 15 is 0 Å². The Hall–Kier alpha value is -2.32. The largest absolute Gasteiger partial charge is 0.416 e. The Morgan fingerprint density at radius 1 is 1.23 bits per heavy atom. The highest BCUT2D eigenvalue weighted by molar-refractivity contribution is 5.80. The summed E-state index contributed by atoms with van der Waals surface area (Å²) in [6.07, 6.45) is -0.505. The van der Waals surface area contributed by atoms with Crippen molar-refractivity contribution in [1.29, 1.82) is 0 Å². The average molecular weight is 427 g/mol. The summed E-state index contributed by atoms with van der Waals surface area (Å²) in [7, 11) is 0. The number of halogens is 3. The third kappa shape index (κ3) is 5.23. The second-order valence-electron chi connectivity index (χ2n) is 8.67. The van der Waals surface area contributed by atoms with E-state index in [0.717, 1.165) is 31.9 Å². The maximum Gasteiger partial charge on any atom is 0.416 e. The van der Waals surface area contributed by atoms with Gasteiger partial charge in [0.2, 0.25) is 5.91 Å². The first-order valence-electron chi connectivity index (χ1n) is 10.5. The molecule has 0 atom stereocenters. The number of carbonyl (C=O) groups is 1. The summed E-state index contributed by atoms with van der Waals surface area (Å²) in [5.41, 5.74) is -1.41. The van der Waals surface area contributed by atoms with Crippen molar-refractivity contribution in [2.75, 3.05) is 24.5 Å². The van der Waals surface area contributed by atoms with E-state index in [1.165, 1.54) is 6.07 Å². The van der Waals surface area contributed by atoms with Crippen molar-refractivity contribution in [3.8, 4) is 0 Å². The molecule has 0 aromatic heterocycles. The maximum absolute atomic E-state index is 13.0. The fourth-order valence-corrected chi connectivity index (χ4v) is 3.97. The molecule has 3 rings (SSSR count). The van der Waals surface area contributed by atoms with Crippen LogP contribution in [0.3, 0.4) is 0 Å². The Morgan fingerprint density at radius 2 is 1.87 bits per heavy atom. The zero-order chi connectivity index (χ0) is 22.1. The zero-order valence-corrected chi connectivity index (χ0v) is 17.3.